The zero-order valence-corrected chi connectivity index (χ0v) is 18.6. The zero-order valence-electron chi connectivity index (χ0n) is 17.0. The normalized spacial score (nSPS) is 11.3. The van der Waals surface area contributed by atoms with Crippen LogP contribution in [0.25, 0.3) is 10.1 Å². The first kappa shape index (κ1) is 22.5. The Bertz CT molecular complexity index is 1160. The van der Waals surface area contributed by atoms with Crippen molar-refractivity contribution in [1.82, 2.24) is 5.43 Å². The molecule has 0 bridgehead atoms. The highest BCUT2D eigenvalue weighted by Gasteiger charge is 2.15. The number of carbonyl (C=O) groups is 1. The summed E-state index contributed by atoms with van der Waals surface area (Å²) in [5.41, 5.74) is 3.05. The minimum Gasteiger partial charge on any atom is -0.490 e. The van der Waals surface area contributed by atoms with Crippen molar-refractivity contribution >= 4 is 50.8 Å². The number of benzene rings is 2. The fourth-order valence-corrected chi connectivity index (χ4v) is 3.95. The van der Waals surface area contributed by atoms with Crippen molar-refractivity contribution in [2.45, 2.75) is 26.9 Å². The number of rotatable bonds is 8. The van der Waals surface area contributed by atoms with Gasteiger partial charge in [0.15, 0.2) is 11.5 Å². The van der Waals surface area contributed by atoms with Crippen LogP contribution in [-0.4, -0.2) is 29.8 Å². The molecule has 0 aliphatic heterocycles. The number of non-ortho nitro benzene ring substituents is 1. The number of nitrogens with one attached hydrogen (secondary N) is 1. The molecule has 31 heavy (non-hydrogen) atoms. The quantitative estimate of drug-likeness (QED) is 0.274. The summed E-state index contributed by atoms with van der Waals surface area (Å²) in [5, 5.41) is 15.9. The van der Waals surface area contributed by atoms with Crippen molar-refractivity contribution in [2.75, 3.05) is 6.61 Å². The van der Waals surface area contributed by atoms with Crippen LogP contribution in [0.15, 0.2) is 41.5 Å². The molecule has 0 fully saturated rings. The number of nitro groups is 1. The molecule has 1 heterocycles. The SMILES string of the molecule is CCOc1cc(/C=N\NC(=O)c2cc3cc([N+](=O)[O-])ccc3s2)cc(Cl)c1OC(C)C. The lowest BCUT2D eigenvalue weighted by Gasteiger charge is -2.16. The molecule has 0 aliphatic rings. The molecule has 3 rings (SSSR count). The summed E-state index contributed by atoms with van der Waals surface area (Å²) >= 11 is 7.56. The Kier molecular flexibility index (Phi) is 7.09. The van der Waals surface area contributed by atoms with E-state index in [0.717, 1.165) is 4.70 Å². The Balaban J connectivity index is 1.76. The van der Waals surface area contributed by atoms with Crippen LogP contribution in [-0.2, 0) is 0 Å². The Morgan fingerprint density at radius 2 is 2.10 bits per heavy atom. The van der Waals surface area contributed by atoms with Gasteiger partial charge in [-0.25, -0.2) is 5.43 Å². The monoisotopic (exact) mass is 461 g/mol. The fourth-order valence-electron chi connectivity index (χ4n) is 2.75. The highest BCUT2D eigenvalue weighted by Crippen LogP contribution is 2.37. The van der Waals surface area contributed by atoms with Gasteiger partial charge in [0.05, 0.1) is 33.7 Å². The van der Waals surface area contributed by atoms with E-state index in [0.29, 0.717) is 39.0 Å². The number of hydrazone groups is 1. The lowest BCUT2D eigenvalue weighted by Crippen LogP contribution is -2.16. The number of ether oxygens (including phenoxy) is 2. The van der Waals surface area contributed by atoms with E-state index in [1.165, 1.54) is 29.7 Å². The van der Waals surface area contributed by atoms with E-state index >= 15 is 0 Å². The third-order valence-corrected chi connectivity index (χ3v) is 5.40. The largest absolute Gasteiger partial charge is 0.490 e. The summed E-state index contributed by atoms with van der Waals surface area (Å²) in [6.45, 7) is 6.08. The van der Waals surface area contributed by atoms with Gasteiger partial charge in [0.1, 0.15) is 0 Å². The van der Waals surface area contributed by atoms with Crippen molar-refractivity contribution in [2.24, 2.45) is 5.10 Å². The molecule has 162 valence electrons. The average Bonchev–Trinajstić information content (AvgIpc) is 3.14. The van der Waals surface area contributed by atoms with Gasteiger partial charge in [0, 0.05) is 22.2 Å². The molecule has 8 nitrogen and oxygen atoms in total. The summed E-state index contributed by atoms with van der Waals surface area (Å²) in [6.07, 6.45) is 1.38. The van der Waals surface area contributed by atoms with Gasteiger partial charge in [0.25, 0.3) is 11.6 Å². The molecule has 0 saturated heterocycles. The predicted octanol–water partition coefficient (Wildman–Crippen LogP) is 5.41. The maximum absolute atomic E-state index is 12.4. The molecule has 0 unspecified atom stereocenters. The van der Waals surface area contributed by atoms with Crippen molar-refractivity contribution in [1.29, 1.82) is 0 Å². The lowest BCUT2D eigenvalue weighted by molar-refractivity contribution is -0.384. The Morgan fingerprint density at radius 1 is 1.32 bits per heavy atom. The molecule has 0 aliphatic carbocycles. The number of nitrogens with zero attached hydrogens (tertiary/aromatic N) is 2. The standard InChI is InChI=1S/C21H20ClN3O5S/c1-4-29-17-8-13(7-16(22)20(17)30-12(2)3)11-23-24-21(26)19-10-14-9-15(25(27)28)5-6-18(14)31-19/h5-12H,4H2,1-3H3,(H,24,26)/b23-11-. The molecule has 1 amide bonds. The minimum absolute atomic E-state index is 0.0258. The predicted molar refractivity (Wildman–Crippen MR) is 122 cm³/mol. The number of hydrogen-bond donors (Lipinski definition) is 1. The Morgan fingerprint density at radius 3 is 2.77 bits per heavy atom. The van der Waals surface area contributed by atoms with E-state index in [-0.39, 0.29) is 11.8 Å². The second kappa shape index (κ2) is 9.76. The molecule has 1 N–H and O–H groups in total. The smallest absolute Gasteiger partial charge is 0.281 e. The molecule has 10 heteroatoms. The first-order valence-electron chi connectivity index (χ1n) is 9.43. The van der Waals surface area contributed by atoms with Gasteiger partial charge in [-0.05, 0) is 50.6 Å². The van der Waals surface area contributed by atoms with Gasteiger partial charge in [-0.15, -0.1) is 11.3 Å². The van der Waals surface area contributed by atoms with Crippen molar-refractivity contribution in [3.05, 3.63) is 62.0 Å². The van der Waals surface area contributed by atoms with Gasteiger partial charge in [-0.3, -0.25) is 14.9 Å². The second-order valence-electron chi connectivity index (χ2n) is 6.72. The highest BCUT2D eigenvalue weighted by molar-refractivity contribution is 7.20. The molecular weight excluding hydrogens is 442 g/mol. The number of amides is 1. The van der Waals surface area contributed by atoms with Crippen LogP contribution >= 0.6 is 22.9 Å². The zero-order chi connectivity index (χ0) is 22.5. The van der Waals surface area contributed by atoms with Crippen LogP contribution in [0.5, 0.6) is 11.5 Å². The maximum Gasteiger partial charge on any atom is 0.281 e. The average molecular weight is 462 g/mol. The minimum atomic E-state index is -0.472. The van der Waals surface area contributed by atoms with Gasteiger partial charge >= 0.3 is 0 Å². The summed E-state index contributed by atoms with van der Waals surface area (Å²) in [7, 11) is 0. The van der Waals surface area contributed by atoms with Gasteiger partial charge < -0.3 is 9.47 Å². The third kappa shape index (κ3) is 5.50. The van der Waals surface area contributed by atoms with E-state index in [1.807, 2.05) is 20.8 Å². The van der Waals surface area contributed by atoms with E-state index < -0.39 is 10.8 Å². The summed E-state index contributed by atoms with van der Waals surface area (Å²) in [5.74, 6) is 0.526. The van der Waals surface area contributed by atoms with E-state index in [4.69, 9.17) is 21.1 Å². The number of hydrogen-bond acceptors (Lipinski definition) is 7. The molecular formula is C21H20ClN3O5S. The van der Waals surface area contributed by atoms with E-state index in [2.05, 4.69) is 10.5 Å². The van der Waals surface area contributed by atoms with Crippen LogP contribution in [0.2, 0.25) is 5.02 Å². The van der Waals surface area contributed by atoms with Crippen molar-refractivity contribution in [3.8, 4) is 11.5 Å². The van der Waals surface area contributed by atoms with E-state index in [1.54, 1.807) is 24.3 Å². The number of halogens is 1. The van der Waals surface area contributed by atoms with Gasteiger partial charge in [0.2, 0.25) is 0 Å². The molecule has 0 radical (unpaired) electrons. The maximum atomic E-state index is 12.4. The van der Waals surface area contributed by atoms with Gasteiger partial charge in [-0.2, -0.15) is 5.10 Å². The van der Waals surface area contributed by atoms with Crippen LogP contribution in [0.1, 0.15) is 36.0 Å². The first-order valence-corrected chi connectivity index (χ1v) is 10.6. The molecule has 3 aromatic rings. The number of carbonyl (C=O) groups excluding carboxylic acids is 1. The summed E-state index contributed by atoms with van der Waals surface area (Å²) in [6, 6.07) is 9.45. The van der Waals surface area contributed by atoms with Crippen LogP contribution < -0.4 is 14.9 Å². The molecule has 0 spiro atoms. The second-order valence-corrected chi connectivity index (χ2v) is 8.21. The van der Waals surface area contributed by atoms with Gasteiger partial charge in [-0.1, -0.05) is 11.6 Å². The topological polar surface area (TPSA) is 103 Å². The number of fused-ring (bicyclic) bond motifs is 1. The molecule has 0 saturated carbocycles. The number of thiophene rings is 1. The Hall–Kier alpha value is -3.17. The summed E-state index contributed by atoms with van der Waals surface area (Å²) < 4.78 is 12.1. The van der Waals surface area contributed by atoms with Crippen LogP contribution in [0.3, 0.4) is 0 Å². The summed E-state index contributed by atoms with van der Waals surface area (Å²) in [4.78, 5) is 23.2. The highest BCUT2D eigenvalue weighted by atomic mass is 35.5. The molecule has 1 aromatic heterocycles. The fraction of sp³-hybridized carbons (Fsp3) is 0.238. The van der Waals surface area contributed by atoms with Crippen LogP contribution in [0.4, 0.5) is 5.69 Å². The van der Waals surface area contributed by atoms with Crippen molar-refractivity contribution in [3.63, 3.8) is 0 Å². The lowest BCUT2D eigenvalue weighted by atomic mass is 10.2. The van der Waals surface area contributed by atoms with Crippen molar-refractivity contribution < 1.29 is 19.2 Å². The molecule has 2 aromatic carbocycles. The van der Waals surface area contributed by atoms with Crippen LogP contribution in [0, 0.1) is 10.1 Å². The first-order chi connectivity index (χ1) is 14.8. The molecule has 0 atom stereocenters. The number of nitro benzene ring substituents is 1. The third-order valence-electron chi connectivity index (χ3n) is 4.00. The van der Waals surface area contributed by atoms with E-state index in [9.17, 15) is 14.9 Å². The Labute approximate surface area is 187 Å².